The van der Waals surface area contributed by atoms with Gasteiger partial charge in [-0.05, 0) is 74.2 Å². The zero-order valence-corrected chi connectivity index (χ0v) is 22.2. The van der Waals surface area contributed by atoms with E-state index in [1.54, 1.807) is 31.2 Å². The van der Waals surface area contributed by atoms with Crippen LogP contribution < -0.4 is 10.5 Å². The van der Waals surface area contributed by atoms with E-state index in [4.69, 9.17) is 11.1 Å². The van der Waals surface area contributed by atoms with Crippen LogP contribution >= 0.6 is 0 Å². The number of benzene rings is 1. The van der Waals surface area contributed by atoms with Crippen LogP contribution in [0.4, 0.5) is 0 Å². The molecule has 2 aliphatic rings. The first-order valence-corrected chi connectivity index (χ1v) is 13.7. The Kier molecular flexibility index (Phi) is 7.95. The number of aliphatic carboxylic acids is 1. The number of sulfonamides is 1. The predicted octanol–water partition coefficient (Wildman–Crippen LogP) is 0.875. The van der Waals surface area contributed by atoms with Gasteiger partial charge in [0, 0.05) is 25.8 Å². The largest absolute Gasteiger partial charge is 0.480 e. The molecular formula is C26H32N6O5S. The Morgan fingerprint density at radius 2 is 2.03 bits per heavy atom. The molecule has 0 saturated heterocycles. The van der Waals surface area contributed by atoms with Gasteiger partial charge in [0.05, 0.1) is 4.90 Å². The standard InChI is InChI=1S/C26H32N6O5S/c1-16-6-10-32(23(11-16)26(34)35)25(33)22(13-17-5-8-29-21(12-17)24(27)28)30-38(36,37)20-4-3-18-7-9-31(2)15-19(18)14-20/h3-6,8,12,14,22-23,30H,7,9-11,13,15H2,1-2H3,(H3,27,28)(H,34,35)/t22-,23+/m0/s1. The second kappa shape index (κ2) is 11.0. The Morgan fingerprint density at radius 3 is 2.74 bits per heavy atom. The number of nitrogens with zero attached hydrogens (tertiary/aromatic N) is 3. The maximum absolute atomic E-state index is 13.7. The lowest BCUT2D eigenvalue weighted by molar-refractivity contribution is -0.150. The third-order valence-corrected chi connectivity index (χ3v) is 8.39. The number of nitrogen functional groups attached to an aromatic ring is 1. The van der Waals surface area contributed by atoms with Gasteiger partial charge < -0.3 is 20.6 Å². The molecule has 0 radical (unpaired) electrons. The summed E-state index contributed by atoms with van der Waals surface area (Å²) in [6, 6.07) is 5.67. The van der Waals surface area contributed by atoms with Gasteiger partial charge in [0.25, 0.3) is 0 Å². The number of carboxylic acids is 1. The van der Waals surface area contributed by atoms with E-state index in [0.29, 0.717) is 12.1 Å². The van der Waals surface area contributed by atoms with Crippen molar-refractivity contribution in [2.24, 2.45) is 5.73 Å². The summed E-state index contributed by atoms with van der Waals surface area (Å²) < 4.78 is 29.6. The highest BCUT2D eigenvalue weighted by Crippen LogP contribution is 2.24. The summed E-state index contributed by atoms with van der Waals surface area (Å²) in [4.78, 5) is 33.1. The summed E-state index contributed by atoms with van der Waals surface area (Å²) in [6.07, 6.45) is 4.08. The molecule has 38 heavy (non-hydrogen) atoms. The van der Waals surface area contributed by atoms with Crippen LogP contribution in [0.2, 0.25) is 0 Å². The SMILES string of the molecule is CC1=CCN(C(=O)[C@H](Cc2ccnc(C(=N)N)c2)NS(=O)(=O)c2ccc3c(c2)CN(C)CC3)[C@@H](C(=O)O)C1. The fourth-order valence-corrected chi connectivity index (χ4v) is 6.04. The van der Waals surface area contributed by atoms with Crippen molar-refractivity contribution in [2.75, 3.05) is 20.1 Å². The number of carbonyl (C=O) groups excluding carboxylic acids is 1. The average Bonchev–Trinajstić information content (AvgIpc) is 2.87. The van der Waals surface area contributed by atoms with Gasteiger partial charge in [-0.2, -0.15) is 4.72 Å². The molecule has 2 aliphatic heterocycles. The molecule has 3 heterocycles. The highest BCUT2D eigenvalue weighted by atomic mass is 32.2. The summed E-state index contributed by atoms with van der Waals surface area (Å²) in [5.41, 5.74) is 9.11. The predicted molar refractivity (Wildman–Crippen MR) is 141 cm³/mol. The number of nitrogens with one attached hydrogen (secondary N) is 2. The van der Waals surface area contributed by atoms with Crippen LogP contribution in [0, 0.1) is 5.41 Å². The Morgan fingerprint density at radius 1 is 1.26 bits per heavy atom. The second-order valence-electron chi connectivity index (χ2n) is 9.86. The van der Waals surface area contributed by atoms with Gasteiger partial charge in [0.1, 0.15) is 23.6 Å². The van der Waals surface area contributed by atoms with Crippen molar-refractivity contribution in [1.29, 1.82) is 5.41 Å². The molecule has 11 nitrogen and oxygen atoms in total. The molecule has 1 amide bonds. The third-order valence-electron chi connectivity index (χ3n) is 6.92. The van der Waals surface area contributed by atoms with Crippen molar-refractivity contribution in [1.82, 2.24) is 19.5 Å². The number of amides is 1. The van der Waals surface area contributed by atoms with Gasteiger partial charge in [-0.1, -0.05) is 17.7 Å². The van der Waals surface area contributed by atoms with E-state index in [9.17, 15) is 23.1 Å². The highest BCUT2D eigenvalue weighted by molar-refractivity contribution is 7.89. The Balaban J connectivity index is 1.68. The molecule has 2 atom stereocenters. The van der Waals surface area contributed by atoms with E-state index in [0.717, 1.165) is 29.7 Å². The number of amidine groups is 1. The zero-order chi connectivity index (χ0) is 27.6. The smallest absolute Gasteiger partial charge is 0.326 e. The first-order chi connectivity index (χ1) is 17.9. The van der Waals surface area contributed by atoms with Crippen LogP contribution in [0.3, 0.4) is 0 Å². The molecule has 5 N–H and O–H groups in total. The summed E-state index contributed by atoms with van der Waals surface area (Å²) in [7, 11) is -2.18. The molecule has 12 heteroatoms. The number of hydrogen-bond donors (Lipinski definition) is 4. The van der Waals surface area contributed by atoms with Gasteiger partial charge in [0.15, 0.2) is 0 Å². The molecule has 0 aliphatic carbocycles. The van der Waals surface area contributed by atoms with E-state index in [2.05, 4.69) is 14.6 Å². The van der Waals surface area contributed by atoms with Crippen molar-refractivity contribution in [3.05, 3.63) is 70.6 Å². The molecule has 0 spiro atoms. The van der Waals surface area contributed by atoms with Crippen LogP contribution in [0.25, 0.3) is 0 Å². The summed E-state index contributed by atoms with van der Waals surface area (Å²) in [5.74, 6) is -2.07. The lowest BCUT2D eigenvalue weighted by atomic mass is 9.99. The fourth-order valence-electron chi connectivity index (χ4n) is 4.80. The minimum atomic E-state index is -4.15. The molecule has 1 aromatic heterocycles. The summed E-state index contributed by atoms with van der Waals surface area (Å²) in [5, 5.41) is 17.4. The number of likely N-dealkylation sites (N-methyl/N-ethyl adjacent to an activating group) is 1. The number of rotatable bonds is 8. The van der Waals surface area contributed by atoms with Crippen molar-refractivity contribution in [3.8, 4) is 0 Å². The van der Waals surface area contributed by atoms with Crippen molar-refractivity contribution in [2.45, 2.75) is 49.7 Å². The fraction of sp³-hybridized carbons (Fsp3) is 0.385. The van der Waals surface area contributed by atoms with E-state index >= 15 is 0 Å². The average molecular weight is 541 g/mol. The Hall–Kier alpha value is -3.61. The number of carboxylic acid groups (broad SMARTS) is 1. The Bertz CT molecular complexity index is 1410. The maximum Gasteiger partial charge on any atom is 0.326 e. The summed E-state index contributed by atoms with van der Waals surface area (Å²) in [6.45, 7) is 3.36. The van der Waals surface area contributed by atoms with Gasteiger partial charge in [0.2, 0.25) is 15.9 Å². The van der Waals surface area contributed by atoms with E-state index < -0.39 is 34.0 Å². The number of fused-ring (bicyclic) bond motifs is 1. The number of carbonyl (C=O) groups is 2. The molecule has 1 aromatic carbocycles. The first-order valence-electron chi connectivity index (χ1n) is 12.3. The molecule has 202 valence electrons. The van der Waals surface area contributed by atoms with Crippen LogP contribution in [-0.4, -0.2) is 78.2 Å². The van der Waals surface area contributed by atoms with Crippen LogP contribution in [0.15, 0.2) is 53.1 Å². The zero-order valence-electron chi connectivity index (χ0n) is 21.3. The number of aromatic nitrogens is 1. The normalized spacial score (nSPS) is 18.8. The van der Waals surface area contributed by atoms with Crippen molar-refractivity contribution < 1.29 is 23.1 Å². The summed E-state index contributed by atoms with van der Waals surface area (Å²) >= 11 is 0. The van der Waals surface area contributed by atoms with Gasteiger partial charge in [-0.25, -0.2) is 13.2 Å². The maximum atomic E-state index is 13.7. The van der Waals surface area contributed by atoms with Crippen LogP contribution in [0.1, 0.15) is 35.7 Å². The van der Waals surface area contributed by atoms with Crippen LogP contribution in [-0.2, 0) is 39.0 Å². The Labute approximate surface area is 221 Å². The number of hydrogen-bond acceptors (Lipinski definition) is 7. The molecule has 0 unspecified atom stereocenters. The topological polar surface area (TPSA) is 170 Å². The van der Waals surface area contributed by atoms with E-state index in [1.807, 2.05) is 7.05 Å². The molecular weight excluding hydrogens is 508 g/mol. The molecule has 0 fully saturated rings. The van der Waals surface area contributed by atoms with Crippen LogP contribution in [0.5, 0.6) is 0 Å². The van der Waals surface area contributed by atoms with E-state index in [-0.39, 0.29) is 35.8 Å². The number of nitrogens with two attached hydrogens (primary N) is 1. The lowest BCUT2D eigenvalue weighted by Gasteiger charge is -2.34. The number of pyridine rings is 1. The molecule has 0 saturated carbocycles. The van der Waals surface area contributed by atoms with Gasteiger partial charge in [-0.15, -0.1) is 0 Å². The molecule has 2 aromatic rings. The van der Waals surface area contributed by atoms with E-state index in [1.165, 1.54) is 23.2 Å². The molecule has 0 bridgehead atoms. The minimum Gasteiger partial charge on any atom is -0.480 e. The van der Waals surface area contributed by atoms with Gasteiger partial charge in [-0.3, -0.25) is 15.2 Å². The molecule has 4 rings (SSSR count). The quantitative estimate of drug-likeness (QED) is 0.217. The minimum absolute atomic E-state index is 0.0349. The second-order valence-corrected chi connectivity index (χ2v) is 11.6. The third kappa shape index (κ3) is 6.09. The first kappa shape index (κ1) is 27.4. The van der Waals surface area contributed by atoms with Crippen molar-refractivity contribution >= 4 is 27.7 Å². The monoisotopic (exact) mass is 540 g/mol. The lowest BCUT2D eigenvalue weighted by Crippen LogP contribution is -2.55. The highest BCUT2D eigenvalue weighted by Gasteiger charge is 2.37. The van der Waals surface area contributed by atoms with Gasteiger partial charge >= 0.3 is 5.97 Å². The van der Waals surface area contributed by atoms with Crippen molar-refractivity contribution in [3.63, 3.8) is 0 Å².